The maximum atomic E-state index is 13.4. The van der Waals surface area contributed by atoms with Crippen LogP contribution in [0.3, 0.4) is 0 Å². The van der Waals surface area contributed by atoms with Crippen molar-refractivity contribution >= 4 is 69.1 Å². The second-order valence-corrected chi connectivity index (χ2v) is 12.2. The van der Waals surface area contributed by atoms with Crippen LogP contribution in [0.4, 0.5) is 10.7 Å². The Morgan fingerprint density at radius 3 is 2.51 bits per heavy atom. The molecule has 0 bridgehead atoms. The lowest BCUT2D eigenvalue weighted by Crippen LogP contribution is -2.32. The summed E-state index contributed by atoms with van der Waals surface area (Å²) in [5.74, 6) is -1.26. The van der Waals surface area contributed by atoms with Gasteiger partial charge in [-0.2, -0.15) is 0 Å². The number of carbonyl (C=O) groups is 4. The van der Waals surface area contributed by atoms with Crippen LogP contribution >= 0.6 is 34.7 Å². The summed E-state index contributed by atoms with van der Waals surface area (Å²) in [5.41, 5.74) is 2.79. The van der Waals surface area contributed by atoms with Crippen LogP contribution in [-0.2, 0) is 38.4 Å². The molecule has 2 aliphatic rings. The highest BCUT2D eigenvalue weighted by Gasteiger charge is 2.44. The summed E-state index contributed by atoms with van der Waals surface area (Å²) in [6, 6.07) is 14.3. The molecule has 1 aliphatic carbocycles. The average Bonchev–Trinajstić information content (AvgIpc) is 3.42. The molecular formula is C29H27ClN2O5S2. The number of imide groups is 1. The molecule has 1 N–H and O–H groups in total. The zero-order valence-electron chi connectivity index (χ0n) is 21.3. The molecule has 39 heavy (non-hydrogen) atoms. The van der Waals surface area contributed by atoms with E-state index in [-0.39, 0.29) is 37.2 Å². The smallest absolute Gasteiger partial charge is 0.341 e. The highest BCUT2D eigenvalue weighted by Crippen LogP contribution is 2.44. The Morgan fingerprint density at radius 2 is 1.79 bits per heavy atom. The van der Waals surface area contributed by atoms with Crippen LogP contribution in [-0.4, -0.2) is 35.5 Å². The SMILES string of the molecule is CCOC(=O)c1c(N2C(=O)C[C@H](Sc3ccc(NC(=O)Cc4ccc(Cl)cc4)cc3)C2=O)sc2c1CCCC2. The van der Waals surface area contributed by atoms with Crippen molar-refractivity contribution in [2.24, 2.45) is 0 Å². The first-order valence-electron chi connectivity index (χ1n) is 12.8. The molecule has 0 spiro atoms. The van der Waals surface area contributed by atoms with Crippen molar-refractivity contribution in [3.8, 4) is 0 Å². The normalized spacial score (nSPS) is 16.8. The molecule has 2 aromatic carbocycles. The molecule has 1 aliphatic heterocycles. The summed E-state index contributed by atoms with van der Waals surface area (Å²) in [6.45, 7) is 1.96. The summed E-state index contributed by atoms with van der Waals surface area (Å²) in [4.78, 5) is 54.8. The number of rotatable bonds is 8. The van der Waals surface area contributed by atoms with Crippen LogP contribution in [0.15, 0.2) is 53.4 Å². The van der Waals surface area contributed by atoms with Crippen molar-refractivity contribution in [2.45, 2.75) is 55.6 Å². The number of amides is 3. The van der Waals surface area contributed by atoms with Crippen LogP contribution in [0.2, 0.25) is 5.02 Å². The minimum atomic E-state index is -0.600. The zero-order chi connectivity index (χ0) is 27.5. The number of hydrogen-bond donors (Lipinski definition) is 1. The molecule has 202 valence electrons. The van der Waals surface area contributed by atoms with Gasteiger partial charge in [0.25, 0.3) is 0 Å². The predicted octanol–water partition coefficient (Wildman–Crippen LogP) is 6.06. The number of fused-ring (bicyclic) bond motifs is 1. The van der Waals surface area contributed by atoms with Crippen LogP contribution in [0.25, 0.3) is 0 Å². The Labute approximate surface area is 239 Å². The van der Waals surface area contributed by atoms with Crippen molar-refractivity contribution in [3.05, 3.63) is 75.1 Å². The highest BCUT2D eigenvalue weighted by molar-refractivity contribution is 8.00. The Balaban J connectivity index is 1.26. The van der Waals surface area contributed by atoms with E-state index in [0.717, 1.165) is 46.6 Å². The monoisotopic (exact) mass is 582 g/mol. The van der Waals surface area contributed by atoms with E-state index in [9.17, 15) is 19.2 Å². The Bertz CT molecular complexity index is 1420. The van der Waals surface area contributed by atoms with Gasteiger partial charge in [0.2, 0.25) is 17.7 Å². The van der Waals surface area contributed by atoms with Crippen molar-refractivity contribution < 1.29 is 23.9 Å². The van der Waals surface area contributed by atoms with Crippen molar-refractivity contribution in [2.75, 3.05) is 16.8 Å². The molecular weight excluding hydrogens is 556 g/mol. The number of halogens is 1. The number of hydrogen-bond acceptors (Lipinski definition) is 7. The van der Waals surface area contributed by atoms with E-state index in [0.29, 0.717) is 21.3 Å². The van der Waals surface area contributed by atoms with E-state index in [4.69, 9.17) is 16.3 Å². The number of anilines is 2. The number of ether oxygens (including phenoxy) is 1. The van der Waals surface area contributed by atoms with Gasteiger partial charge in [0.1, 0.15) is 5.00 Å². The fourth-order valence-corrected chi connectivity index (χ4v) is 7.38. The Hall–Kier alpha value is -3.14. The third-order valence-corrected chi connectivity index (χ3v) is 9.36. The molecule has 7 nitrogen and oxygen atoms in total. The van der Waals surface area contributed by atoms with Crippen LogP contribution < -0.4 is 10.2 Å². The van der Waals surface area contributed by atoms with Gasteiger partial charge in [-0.1, -0.05) is 23.7 Å². The van der Waals surface area contributed by atoms with Gasteiger partial charge in [0.05, 0.1) is 23.8 Å². The van der Waals surface area contributed by atoms with Crippen LogP contribution in [0.1, 0.15) is 52.5 Å². The fourth-order valence-electron chi connectivity index (χ4n) is 4.81. The first-order valence-corrected chi connectivity index (χ1v) is 14.9. The molecule has 1 aromatic heterocycles. The molecule has 0 saturated carbocycles. The molecule has 1 atom stereocenters. The van der Waals surface area contributed by atoms with Gasteiger partial charge in [0.15, 0.2) is 0 Å². The van der Waals surface area contributed by atoms with Gasteiger partial charge in [-0.3, -0.25) is 14.4 Å². The maximum Gasteiger partial charge on any atom is 0.341 e. The second kappa shape index (κ2) is 11.9. The minimum absolute atomic E-state index is 0.0495. The first-order chi connectivity index (χ1) is 18.8. The van der Waals surface area contributed by atoms with E-state index in [1.54, 1.807) is 31.2 Å². The largest absolute Gasteiger partial charge is 0.462 e. The first kappa shape index (κ1) is 27.4. The van der Waals surface area contributed by atoms with Crippen molar-refractivity contribution in [3.63, 3.8) is 0 Å². The van der Waals surface area contributed by atoms with E-state index < -0.39 is 11.2 Å². The van der Waals surface area contributed by atoms with Gasteiger partial charge >= 0.3 is 5.97 Å². The topological polar surface area (TPSA) is 92.8 Å². The summed E-state index contributed by atoms with van der Waals surface area (Å²) in [5, 5.41) is 3.29. The fraction of sp³-hybridized carbons (Fsp3) is 0.310. The Kier molecular flexibility index (Phi) is 8.40. The van der Waals surface area contributed by atoms with Gasteiger partial charge in [-0.05, 0) is 80.1 Å². The molecule has 3 amide bonds. The standard InChI is InChI=1S/C29H27ClN2O5S2/c1-2-37-29(36)26-21-5-3-4-6-22(21)39-28(26)32-25(34)16-23(27(32)35)38-20-13-11-19(12-14-20)31-24(33)15-17-7-9-18(30)10-8-17/h7-14,23H,2-6,15-16H2,1H3,(H,31,33)/t23-/m0/s1. The number of aryl methyl sites for hydroxylation is 1. The lowest BCUT2D eigenvalue weighted by molar-refractivity contribution is -0.121. The summed E-state index contributed by atoms with van der Waals surface area (Å²) in [7, 11) is 0. The highest BCUT2D eigenvalue weighted by atomic mass is 35.5. The number of esters is 1. The molecule has 10 heteroatoms. The lowest BCUT2D eigenvalue weighted by Gasteiger charge is -2.16. The third kappa shape index (κ3) is 6.05. The molecule has 3 aromatic rings. The number of thioether (sulfide) groups is 1. The number of benzene rings is 2. The van der Waals surface area contributed by atoms with Crippen LogP contribution in [0.5, 0.6) is 0 Å². The van der Waals surface area contributed by atoms with Crippen LogP contribution in [0, 0.1) is 0 Å². The van der Waals surface area contributed by atoms with E-state index in [1.807, 2.05) is 24.3 Å². The molecule has 1 fully saturated rings. The van der Waals surface area contributed by atoms with Crippen molar-refractivity contribution in [1.82, 2.24) is 0 Å². The quantitative estimate of drug-likeness (QED) is 0.256. The molecule has 1 saturated heterocycles. The average molecular weight is 583 g/mol. The third-order valence-electron chi connectivity index (χ3n) is 6.63. The maximum absolute atomic E-state index is 13.4. The zero-order valence-corrected chi connectivity index (χ0v) is 23.7. The second-order valence-electron chi connectivity index (χ2n) is 9.37. The molecule has 2 heterocycles. The lowest BCUT2D eigenvalue weighted by atomic mass is 9.95. The van der Waals surface area contributed by atoms with Gasteiger partial charge in [-0.25, -0.2) is 9.69 Å². The van der Waals surface area contributed by atoms with E-state index in [2.05, 4.69) is 5.32 Å². The van der Waals surface area contributed by atoms with Gasteiger partial charge < -0.3 is 10.1 Å². The number of nitrogens with one attached hydrogen (secondary N) is 1. The molecule has 0 radical (unpaired) electrons. The van der Waals surface area contributed by atoms with Crippen molar-refractivity contribution in [1.29, 1.82) is 0 Å². The minimum Gasteiger partial charge on any atom is -0.462 e. The number of thiophene rings is 1. The summed E-state index contributed by atoms with van der Waals surface area (Å²) in [6.07, 6.45) is 3.84. The Morgan fingerprint density at radius 1 is 1.08 bits per heavy atom. The van der Waals surface area contributed by atoms with Gasteiger partial charge in [-0.15, -0.1) is 23.1 Å². The number of nitrogens with zero attached hydrogens (tertiary/aromatic N) is 1. The molecule has 5 rings (SSSR count). The molecule has 0 unspecified atom stereocenters. The van der Waals surface area contributed by atoms with Gasteiger partial charge in [0, 0.05) is 26.9 Å². The summed E-state index contributed by atoms with van der Waals surface area (Å²) >= 11 is 8.57. The van der Waals surface area contributed by atoms with E-state index in [1.165, 1.54) is 28.0 Å². The number of carbonyl (C=O) groups excluding carboxylic acids is 4. The summed E-state index contributed by atoms with van der Waals surface area (Å²) < 4.78 is 5.30. The predicted molar refractivity (Wildman–Crippen MR) is 154 cm³/mol. The van der Waals surface area contributed by atoms with E-state index >= 15 is 0 Å².